The van der Waals surface area contributed by atoms with E-state index in [4.69, 9.17) is 0 Å². The molecule has 0 bridgehead atoms. The van der Waals surface area contributed by atoms with Crippen LogP contribution in [-0.2, 0) is 6.42 Å². The van der Waals surface area contributed by atoms with Gasteiger partial charge >= 0.3 is 0 Å². The number of imidazole rings is 1. The zero-order valence-corrected chi connectivity index (χ0v) is 9.03. The SMILES string of the molecule is CC(C)n1cncc1CC1CCCN1. The molecule has 14 heavy (non-hydrogen) atoms. The van der Waals surface area contributed by atoms with Crippen molar-refractivity contribution in [3.63, 3.8) is 0 Å². The molecule has 1 unspecified atom stereocenters. The third kappa shape index (κ3) is 1.98. The maximum absolute atomic E-state index is 4.22. The van der Waals surface area contributed by atoms with Gasteiger partial charge in [-0.1, -0.05) is 0 Å². The van der Waals surface area contributed by atoms with E-state index in [-0.39, 0.29) is 0 Å². The van der Waals surface area contributed by atoms with Gasteiger partial charge in [0.05, 0.1) is 6.33 Å². The van der Waals surface area contributed by atoms with Crippen molar-refractivity contribution in [2.24, 2.45) is 0 Å². The van der Waals surface area contributed by atoms with Crippen molar-refractivity contribution in [3.05, 3.63) is 18.2 Å². The normalized spacial score (nSPS) is 22.1. The highest BCUT2D eigenvalue weighted by Gasteiger charge is 2.16. The van der Waals surface area contributed by atoms with E-state index < -0.39 is 0 Å². The maximum atomic E-state index is 4.22. The number of nitrogens with one attached hydrogen (secondary N) is 1. The Balaban J connectivity index is 2.04. The fourth-order valence-corrected chi connectivity index (χ4v) is 2.14. The summed E-state index contributed by atoms with van der Waals surface area (Å²) in [7, 11) is 0. The van der Waals surface area contributed by atoms with Gasteiger partial charge in [-0.25, -0.2) is 4.98 Å². The van der Waals surface area contributed by atoms with Crippen LogP contribution >= 0.6 is 0 Å². The molecule has 3 heteroatoms. The fourth-order valence-electron chi connectivity index (χ4n) is 2.14. The predicted octanol–water partition coefficient (Wildman–Crippen LogP) is 1.76. The number of hydrogen-bond donors (Lipinski definition) is 1. The first-order chi connectivity index (χ1) is 6.77. The summed E-state index contributed by atoms with van der Waals surface area (Å²) in [6.45, 7) is 5.58. The van der Waals surface area contributed by atoms with Gasteiger partial charge in [0.2, 0.25) is 0 Å². The number of nitrogens with zero attached hydrogens (tertiary/aromatic N) is 2. The van der Waals surface area contributed by atoms with Gasteiger partial charge in [-0.15, -0.1) is 0 Å². The smallest absolute Gasteiger partial charge is 0.0950 e. The van der Waals surface area contributed by atoms with Gasteiger partial charge in [-0.05, 0) is 33.2 Å². The largest absolute Gasteiger partial charge is 0.332 e. The Morgan fingerprint density at radius 2 is 2.50 bits per heavy atom. The Bertz CT molecular complexity index is 284. The predicted molar refractivity (Wildman–Crippen MR) is 57.3 cm³/mol. The highest BCUT2D eigenvalue weighted by atomic mass is 15.1. The third-order valence-electron chi connectivity index (χ3n) is 2.92. The molecule has 0 saturated carbocycles. The molecule has 1 aromatic rings. The summed E-state index contributed by atoms with van der Waals surface area (Å²) in [5.41, 5.74) is 1.36. The molecule has 1 fully saturated rings. The molecule has 0 radical (unpaired) electrons. The van der Waals surface area contributed by atoms with E-state index in [2.05, 4.69) is 28.7 Å². The summed E-state index contributed by atoms with van der Waals surface area (Å²) in [4.78, 5) is 4.22. The molecule has 1 saturated heterocycles. The van der Waals surface area contributed by atoms with Crippen LogP contribution in [0, 0.1) is 0 Å². The molecule has 78 valence electrons. The van der Waals surface area contributed by atoms with Gasteiger partial charge in [-0.2, -0.15) is 0 Å². The van der Waals surface area contributed by atoms with Crippen molar-refractivity contribution >= 4 is 0 Å². The fraction of sp³-hybridized carbons (Fsp3) is 0.727. The molecule has 1 aliphatic rings. The van der Waals surface area contributed by atoms with E-state index >= 15 is 0 Å². The molecule has 1 aliphatic heterocycles. The number of hydrogen-bond acceptors (Lipinski definition) is 2. The van der Waals surface area contributed by atoms with Crippen LogP contribution in [0.25, 0.3) is 0 Å². The first kappa shape index (κ1) is 9.71. The average molecular weight is 193 g/mol. The molecule has 0 aromatic carbocycles. The lowest BCUT2D eigenvalue weighted by Gasteiger charge is -2.14. The van der Waals surface area contributed by atoms with Gasteiger partial charge in [0, 0.05) is 30.4 Å². The molecule has 0 aliphatic carbocycles. The lowest BCUT2D eigenvalue weighted by molar-refractivity contribution is 0.531. The summed E-state index contributed by atoms with van der Waals surface area (Å²) < 4.78 is 2.26. The van der Waals surface area contributed by atoms with E-state index in [0.29, 0.717) is 12.1 Å². The van der Waals surface area contributed by atoms with Crippen molar-refractivity contribution in [2.75, 3.05) is 6.54 Å². The van der Waals surface area contributed by atoms with Crippen LogP contribution in [0.4, 0.5) is 0 Å². The minimum absolute atomic E-state index is 0.522. The molecule has 0 amide bonds. The Kier molecular flexibility index (Phi) is 2.87. The van der Waals surface area contributed by atoms with E-state index in [0.717, 1.165) is 6.42 Å². The number of aromatic nitrogens is 2. The van der Waals surface area contributed by atoms with E-state index in [9.17, 15) is 0 Å². The van der Waals surface area contributed by atoms with Crippen LogP contribution < -0.4 is 5.32 Å². The summed E-state index contributed by atoms with van der Waals surface area (Å²) in [6, 6.07) is 1.19. The molecule has 1 N–H and O–H groups in total. The summed E-state index contributed by atoms with van der Waals surface area (Å²) >= 11 is 0. The molecular weight excluding hydrogens is 174 g/mol. The Morgan fingerprint density at radius 1 is 1.64 bits per heavy atom. The van der Waals surface area contributed by atoms with Crippen LogP contribution in [0.3, 0.4) is 0 Å². The molecule has 2 heterocycles. The highest BCUT2D eigenvalue weighted by Crippen LogP contribution is 2.14. The minimum Gasteiger partial charge on any atom is -0.332 e. The first-order valence-corrected chi connectivity index (χ1v) is 5.51. The highest BCUT2D eigenvalue weighted by molar-refractivity contribution is 5.03. The van der Waals surface area contributed by atoms with Crippen LogP contribution in [0.15, 0.2) is 12.5 Å². The van der Waals surface area contributed by atoms with Crippen LogP contribution in [0.1, 0.15) is 38.4 Å². The van der Waals surface area contributed by atoms with Crippen molar-refractivity contribution < 1.29 is 0 Å². The second-order valence-corrected chi connectivity index (χ2v) is 4.38. The minimum atomic E-state index is 0.522. The lowest BCUT2D eigenvalue weighted by atomic mass is 10.1. The van der Waals surface area contributed by atoms with Crippen molar-refractivity contribution in [1.29, 1.82) is 0 Å². The molecule has 1 atom stereocenters. The van der Waals surface area contributed by atoms with E-state index in [1.54, 1.807) is 0 Å². The average Bonchev–Trinajstić information content (AvgIpc) is 2.75. The number of rotatable bonds is 3. The van der Waals surface area contributed by atoms with Gasteiger partial charge in [0.15, 0.2) is 0 Å². The van der Waals surface area contributed by atoms with Crippen molar-refractivity contribution in [1.82, 2.24) is 14.9 Å². The van der Waals surface area contributed by atoms with Crippen LogP contribution in [0.5, 0.6) is 0 Å². The second-order valence-electron chi connectivity index (χ2n) is 4.38. The summed E-state index contributed by atoms with van der Waals surface area (Å²) in [6.07, 6.45) is 7.69. The van der Waals surface area contributed by atoms with Crippen LogP contribution in [-0.4, -0.2) is 22.1 Å². The summed E-state index contributed by atoms with van der Waals surface area (Å²) in [5, 5.41) is 3.52. The Morgan fingerprint density at radius 3 is 3.14 bits per heavy atom. The van der Waals surface area contributed by atoms with Crippen molar-refractivity contribution in [2.45, 2.75) is 45.2 Å². The van der Waals surface area contributed by atoms with E-state index in [1.165, 1.54) is 25.1 Å². The van der Waals surface area contributed by atoms with Crippen LogP contribution in [0.2, 0.25) is 0 Å². The quantitative estimate of drug-likeness (QED) is 0.792. The maximum Gasteiger partial charge on any atom is 0.0950 e. The standard InChI is InChI=1S/C11H19N3/c1-9(2)14-8-12-7-11(14)6-10-4-3-5-13-10/h7-10,13H,3-6H2,1-2H3. The zero-order chi connectivity index (χ0) is 9.97. The monoisotopic (exact) mass is 193 g/mol. The first-order valence-electron chi connectivity index (χ1n) is 5.51. The lowest BCUT2D eigenvalue weighted by Crippen LogP contribution is -2.25. The molecule has 1 aromatic heterocycles. The van der Waals surface area contributed by atoms with Crippen molar-refractivity contribution in [3.8, 4) is 0 Å². The third-order valence-corrected chi connectivity index (χ3v) is 2.92. The molecular formula is C11H19N3. The molecule has 2 rings (SSSR count). The zero-order valence-electron chi connectivity index (χ0n) is 9.03. The van der Waals surface area contributed by atoms with Gasteiger partial charge in [0.25, 0.3) is 0 Å². The van der Waals surface area contributed by atoms with Gasteiger partial charge in [-0.3, -0.25) is 0 Å². The topological polar surface area (TPSA) is 29.9 Å². The Labute approximate surface area is 85.5 Å². The Hall–Kier alpha value is -0.830. The second kappa shape index (κ2) is 4.13. The van der Waals surface area contributed by atoms with E-state index in [1.807, 2.05) is 12.5 Å². The van der Waals surface area contributed by atoms with Gasteiger partial charge < -0.3 is 9.88 Å². The molecule has 3 nitrogen and oxygen atoms in total. The molecule has 0 spiro atoms. The van der Waals surface area contributed by atoms with Gasteiger partial charge in [0.1, 0.15) is 0 Å². The summed E-state index contributed by atoms with van der Waals surface area (Å²) in [5.74, 6) is 0.